The van der Waals surface area contributed by atoms with E-state index in [2.05, 4.69) is 20.4 Å². The quantitative estimate of drug-likeness (QED) is 0.693. The minimum atomic E-state index is -3.71. The first-order valence-corrected chi connectivity index (χ1v) is 8.66. The minimum Gasteiger partial charge on any atom is -0.386 e. The fourth-order valence-electron chi connectivity index (χ4n) is 1.96. The molecule has 26 heavy (non-hydrogen) atoms. The number of amides is 1. The van der Waals surface area contributed by atoms with Crippen molar-refractivity contribution in [3.8, 4) is 6.07 Å². The maximum Gasteiger partial charge on any atom is 0.247 e. The van der Waals surface area contributed by atoms with Crippen molar-refractivity contribution in [2.45, 2.75) is 17.9 Å². The number of hydrogen-bond donors (Lipinski definition) is 2. The lowest BCUT2D eigenvalue weighted by molar-refractivity contribution is -0.121. The Bertz CT molecular complexity index is 931. The topological polar surface area (TPSA) is 162 Å². The Balaban J connectivity index is 2.16. The van der Waals surface area contributed by atoms with E-state index < -0.39 is 28.0 Å². The summed E-state index contributed by atoms with van der Waals surface area (Å²) in [4.78, 5) is 19.6. The van der Waals surface area contributed by atoms with Crippen molar-refractivity contribution in [1.29, 1.82) is 5.26 Å². The Kier molecular flexibility index (Phi) is 5.66. The second kappa shape index (κ2) is 7.56. The van der Waals surface area contributed by atoms with Crippen LogP contribution in [0.1, 0.15) is 17.4 Å². The molecule has 2 aromatic rings. The molecule has 0 spiro atoms. The van der Waals surface area contributed by atoms with Crippen LogP contribution in [-0.2, 0) is 14.8 Å². The highest BCUT2D eigenvalue weighted by Crippen LogP contribution is 2.25. The molecule has 2 N–H and O–H groups in total. The van der Waals surface area contributed by atoms with Crippen LogP contribution in [0, 0.1) is 24.2 Å². The third-order valence-electron chi connectivity index (χ3n) is 3.49. The van der Waals surface area contributed by atoms with Gasteiger partial charge in [-0.1, -0.05) is 5.16 Å². The van der Waals surface area contributed by atoms with Crippen LogP contribution >= 0.6 is 0 Å². The van der Waals surface area contributed by atoms with E-state index in [1.54, 1.807) is 6.07 Å². The van der Waals surface area contributed by atoms with E-state index >= 15 is 0 Å². The van der Waals surface area contributed by atoms with Crippen LogP contribution < -0.4 is 5.32 Å². The zero-order valence-corrected chi connectivity index (χ0v) is 14.9. The van der Waals surface area contributed by atoms with E-state index in [0.717, 1.165) is 16.7 Å². The third kappa shape index (κ3) is 3.85. The monoisotopic (exact) mass is 380 g/mol. The molecule has 11 nitrogen and oxygen atoms in total. The lowest BCUT2D eigenvalue weighted by Gasteiger charge is -2.15. The zero-order chi connectivity index (χ0) is 19.5. The Morgan fingerprint density at radius 3 is 2.42 bits per heavy atom. The average molecular weight is 380 g/mol. The van der Waals surface area contributed by atoms with Gasteiger partial charge in [-0.15, -0.1) is 0 Å². The van der Waals surface area contributed by atoms with Gasteiger partial charge < -0.3 is 9.63 Å². The predicted molar refractivity (Wildman–Crippen MR) is 86.8 cm³/mol. The molecule has 0 bridgehead atoms. The summed E-state index contributed by atoms with van der Waals surface area (Å²) in [6, 6.07) is 1.70. The first-order chi connectivity index (χ1) is 12.2. The maximum absolute atomic E-state index is 12.2. The number of carbonyl (C=O) groups excluding carboxylic acids is 1. The molecule has 0 fully saturated rings. The summed E-state index contributed by atoms with van der Waals surface area (Å²) in [5, 5.41) is 25.1. The molecule has 0 aliphatic rings. The molecule has 0 saturated heterocycles. The summed E-state index contributed by atoms with van der Waals surface area (Å²) < 4.78 is 29.7. The molecule has 12 heteroatoms. The Hall–Kier alpha value is -2.88. The smallest absolute Gasteiger partial charge is 0.247 e. The molecule has 2 unspecified atom stereocenters. The van der Waals surface area contributed by atoms with E-state index in [1.807, 2.05) is 0 Å². The number of aliphatic hydroxyl groups is 1. The van der Waals surface area contributed by atoms with Crippen LogP contribution in [0.15, 0.2) is 28.0 Å². The summed E-state index contributed by atoms with van der Waals surface area (Å²) in [7, 11) is -0.989. The van der Waals surface area contributed by atoms with Crippen molar-refractivity contribution in [2.24, 2.45) is 5.92 Å². The third-order valence-corrected chi connectivity index (χ3v) is 5.25. The first-order valence-electron chi connectivity index (χ1n) is 7.22. The van der Waals surface area contributed by atoms with Crippen LogP contribution in [0.4, 0.5) is 5.95 Å². The summed E-state index contributed by atoms with van der Waals surface area (Å²) in [6.45, 7) is 1.53. The van der Waals surface area contributed by atoms with E-state index in [9.17, 15) is 23.6 Å². The van der Waals surface area contributed by atoms with E-state index in [-0.39, 0.29) is 22.2 Å². The minimum absolute atomic E-state index is 0.155. The van der Waals surface area contributed by atoms with Crippen molar-refractivity contribution in [3.05, 3.63) is 29.9 Å². The van der Waals surface area contributed by atoms with Gasteiger partial charge in [-0.05, 0) is 6.92 Å². The molecule has 2 atom stereocenters. The molecule has 2 rings (SSSR count). The van der Waals surface area contributed by atoms with E-state index in [0.29, 0.717) is 0 Å². The van der Waals surface area contributed by atoms with Crippen LogP contribution in [0.2, 0.25) is 0 Å². The van der Waals surface area contributed by atoms with Crippen molar-refractivity contribution in [2.75, 3.05) is 19.4 Å². The standard InChI is InChI=1S/C14H16N6O5S/c1-8-11(7-18-25-8)12(21)10(4-15)13(22)19-14-16-5-9(6-17-14)26(23,24)20(2)3/h5-7,10,12,21H,1-3H3,(H,16,17,19,22). The number of rotatable bonds is 6. The molecule has 0 saturated carbocycles. The molecular weight excluding hydrogens is 364 g/mol. The second-order valence-corrected chi connectivity index (χ2v) is 7.56. The van der Waals surface area contributed by atoms with Gasteiger partial charge in [-0.25, -0.2) is 22.7 Å². The van der Waals surface area contributed by atoms with Gasteiger partial charge in [0.05, 0.1) is 24.7 Å². The Morgan fingerprint density at radius 2 is 1.96 bits per heavy atom. The van der Waals surface area contributed by atoms with Gasteiger partial charge in [-0.2, -0.15) is 5.26 Å². The summed E-state index contributed by atoms with van der Waals surface area (Å²) in [6.07, 6.45) is 1.81. The molecule has 0 aliphatic heterocycles. The van der Waals surface area contributed by atoms with Crippen LogP contribution in [0.3, 0.4) is 0 Å². The van der Waals surface area contributed by atoms with E-state index in [4.69, 9.17) is 4.52 Å². The van der Waals surface area contributed by atoms with Gasteiger partial charge in [0, 0.05) is 19.7 Å². The highest BCUT2D eigenvalue weighted by atomic mass is 32.2. The number of sulfonamides is 1. The largest absolute Gasteiger partial charge is 0.386 e. The summed E-state index contributed by atoms with van der Waals surface area (Å²) >= 11 is 0. The number of aromatic nitrogens is 3. The first kappa shape index (κ1) is 19.4. The van der Waals surface area contributed by atoms with Gasteiger partial charge in [-0.3, -0.25) is 10.1 Å². The fourth-order valence-corrected chi connectivity index (χ4v) is 2.75. The molecular formula is C14H16N6O5S. The predicted octanol–water partition coefficient (Wildman–Crippen LogP) is -0.165. The van der Waals surface area contributed by atoms with Gasteiger partial charge in [0.2, 0.25) is 21.9 Å². The number of carbonyl (C=O) groups is 1. The number of aliphatic hydroxyl groups excluding tert-OH is 1. The maximum atomic E-state index is 12.2. The number of nitrogens with zero attached hydrogens (tertiary/aromatic N) is 5. The van der Waals surface area contributed by atoms with Gasteiger partial charge in [0.15, 0.2) is 5.92 Å². The number of nitrogens with one attached hydrogen (secondary N) is 1. The van der Waals surface area contributed by atoms with Crippen LogP contribution in [0.25, 0.3) is 0 Å². The van der Waals surface area contributed by atoms with Crippen molar-refractivity contribution in [1.82, 2.24) is 19.4 Å². The molecule has 2 heterocycles. The lowest BCUT2D eigenvalue weighted by Crippen LogP contribution is -2.28. The van der Waals surface area contributed by atoms with Gasteiger partial charge >= 0.3 is 0 Å². The zero-order valence-electron chi connectivity index (χ0n) is 14.1. The fraction of sp³-hybridized carbons (Fsp3) is 0.357. The molecule has 2 aromatic heterocycles. The molecule has 1 amide bonds. The van der Waals surface area contributed by atoms with Crippen molar-refractivity contribution >= 4 is 21.9 Å². The Labute approximate surface area is 149 Å². The highest BCUT2D eigenvalue weighted by molar-refractivity contribution is 7.89. The number of anilines is 1. The van der Waals surface area contributed by atoms with Crippen molar-refractivity contribution in [3.63, 3.8) is 0 Å². The molecule has 0 radical (unpaired) electrons. The van der Waals surface area contributed by atoms with Crippen LogP contribution in [-0.4, -0.2) is 53.0 Å². The average Bonchev–Trinajstić information content (AvgIpc) is 3.01. The lowest BCUT2D eigenvalue weighted by atomic mass is 9.97. The van der Waals surface area contributed by atoms with E-state index in [1.165, 1.54) is 27.2 Å². The summed E-state index contributed by atoms with van der Waals surface area (Å²) in [5.74, 6) is -2.26. The molecule has 0 aromatic carbocycles. The number of nitriles is 1. The second-order valence-electron chi connectivity index (χ2n) is 5.41. The molecule has 0 aliphatic carbocycles. The number of hydrogen-bond acceptors (Lipinski definition) is 9. The molecule has 138 valence electrons. The van der Waals surface area contributed by atoms with Gasteiger partial charge in [0.25, 0.3) is 0 Å². The normalized spacial score (nSPS) is 13.8. The Morgan fingerprint density at radius 1 is 1.35 bits per heavy atom. The SMILES string of the molecule is Cc1oncc1C(O)C(C#N)C(=O)Nc1ncc(S(=O)(=O)N(C)C)cn1. The van der Waals surface area contributed by atoms with Crippen LogP contribution in [0.5, 0.6) is 0 Å². The number of aryl methyl sites for hydroxylation is 1. The van der Waals surface area contributed by atoms with Crippen molar-refractivity contribution < 1.29 is 22.8 Å². The highest BCUT2D eigenvalue weighted by Gasteiger charge is 2.31. The summed E-state index contributed by atoms with van der Waals surface area (Å²) in [5.41, 5.74) is 0.208. The van der Waals surface area contributed by atoms with Gasteiger partial charge in [0.1, 0.15) is 16.8 Å².